The zero-order valence-electron chi connectivity index (χ0n) is 7.38. The van der Waals surface area contributed by atoms with Crippen molar-refractivity contribution in [2.24, 2.45) is 0 Å². The van der Waals surface area contributed by atoms with Crippen LogP contribution in [0.15, 0.2) is 24.5 Å². The highest BCUT2D eigenvalue weighted by atomic mass is 15.4. The molecule has 0 saturated carbocycles. The molecule has 0 unspecified atom stereocenters. The molecule has 0 atom stereocenters. The molecule has 5 nitrogen and oxygen atoms in total. The monoisotopic (exact) mass is 177 g/mol. The Morgan fingerprint density at radius 3 is 2.69 bits per heavy atom. The molecule has 2 rings (SSSR count). The summed E-state index contributed by atoms with van der Waals surface area (Å²) in [5, 5.41) is 8.32. The van der Waals surface area contributed by atoms with Crippen LogP contribution < -0.4 is 5.73 Å². The van der Waals surface area contributed by atoms with Gasteiger partial charge < -0.3 is 5.73 Å². The molecule has 0 fully saturated rings. The third kappa shape index (κ3) is 1.40. The molecule has 2 N–H and O–H groups in total. The van der Waals surface area contributed by atoms with E-state index in [4.69, 9.17) is 5.73 Å². The Bertz CT molecular complexity index is 400. The fraction of sp³-hybridized carbons (Fsp3) is 0.250. The van der Waals surface area contributed by atoms with Crippen molar-refractivity contribution in [1.29, 1.82) is 0 Å². The molecule has 2 heterocycles. The molecule has 0 aliphatic carbocycles. The van der Waals surface area contributed by atoms with E-state index in [1.54, 1.807) is 16.9 Å². The van der Waals surface area contributed by atoms with Gasteiger partial charge in [0.15, 0.2) is 5.82 Å². The molecule has 5 heteroatoms. The molecule has 0 bridgehead atoms. The van der Waals surface area contributed by atoms with Gasteiger partial charge in [-0.15, -0.1) is 5.10 Å². The van der Waals surface area contributed by atoms with Gasteiger partial charge in [0, 0.05) is 31.1 Å². The molecule has 0 amide bonds. The average molecular weight is 177 g/mol. The number of nitrogens with two attached hydrogens (primary N) is 1. The van der Waals surface area contributed by atoms with Gasteiger partial charge in [-0.1, -0.05) is 0 Å². The smallest absolute Gasteiger partial charge is 0.175 e. The summed E-state index contributed by atoms with van der Waals surface area (Å²) in [5.74, 6) is 1.30. The minimum Gasteiger partial charge on any atom is -0.382 e. The second-order valence-corrected chi connectivity index (χ2v) is 2.71. The number of hydrogen-bond donors (Lipinski definition) is 1. The Hall–Kier alpha value is -1.78. The minimum atomic E-state index is 0.506. The Morgan fingerprint density at radius 2 is 2.15 bits per heavy atom. The van der Waals surface area contributed by atoms with Crippen molar-refractivity contribution in [3.63, 3.8) is 0 Å². The largest absolute Gasteiger partial charge is 0.382 e. The maximum Gasteiger partial charge on any atom is 0.175 e. The quantitative estimate of drug-likeness (QED) is 0.733. The molecule has 0 radical (unpaired) electrons. The number of anilines is 1. The Labute approximate surface area is 75.8 Å². The molecule has 0 aliphatic heterocycles. The van der Waals surface area contributed by atoms with Crippen LogP contribution in [-0.4, -0.2) is 19.6 Å². The second-order valence-electron chi connectivity index (χ2n) is 2.71. The number of rotatable bonds is 2. The van der Waals surface area contributed by atoms with Crippen molar-refractivity contribution in [3.05, 3.63) is 24.5 Å². The molecule has 0 spiro atoms. The first-order valence-corrected chi connectivity index (χ1v) is 4.14. The van der Waals surface area contributed by atoms with Crippen molar-refractivity contribution in [2.75, 3.05) is 5.73 Å². The topological polar surface area (TPSA) is 61.7 Å². The molecular weight excluding hydrogens is 166 g/mol. The van der Waals surface area contributed by atoms with E-state index in [0.717, 1.165) is 12.4 Å². The van der Waals surface area contributed by atoms with E-state index in [9.17, 15) is 0 Å². The number of nitrogen functional groups attached to an aromatic ring is 1. The maximum absolute atomic E-state index is 5.49. The lowest BCUT2D eigenvalue weighted by molar-refractivity contribution is 0.646. The molecule has 68 valence electrons. The van der Waals surface area contributed by atoms with Crippen molar-refractivity contribution >= 4 is 5.82 Å². The summed E-state index contributed by atoms with van der Waals surface area (Å²) in [6.07, 6.45) is 3.70. The first-order chi connectivity index (χ1) is 6.29. The number of aryl methyl sites for hydroxylation is 1. The van der Waals surface area contributed by atoms with E-state index in [-0.39, 0.29) is 0 Å². The van der Waals surface area contributed by atoms with Crippen molar-refractivity contribution in [2.45, 2.75) is 13.5 Å². The molecule has 0 aromatic carbocycles. The lowest BCUT2D eigenvalue weighted by Gasteiger charge is -1.94. The second kappa shape index (κ2) is 2.93. The van der Waals surface area contributed by atoms with E-state index in [1.165, 1.54) is 0 Å². The van der Waals surface area contributed by atoms with Gasteiger partial charge in [-0.05, 0) is 6.92 Å². The highest BCUT2D eigenvalue weighted by molar-refractivity contribution is 5.29. The summed E-state index contributed by atoms with van der Waals surface area (Å²) in [5.41, 5.74) is 5.49. The first kappa shape index (κ1) is 7.85. The van der Waals surface area contributed by atoms with Crippen LogP contribution in [0.4, 0.5) is 5.82 Å². The predicted octanol–water partition coefficient (Wildman–Crippen LogP) is 0.671. The van der Waals surface area contributed by atoms with Gasteiger partial charge in [0.1, 0.15) is 5.82 Å². The van der Waals surface area contributed by atoms with E-state index in [2.05, 4.69) is 10.2 Å². The standard InChI is InChI=1S/C8H11N5/c1-2-12-5-4-8(11-12)13-6-3-7(9)10-13/h3-6H,2H2,1H3,(H2,9,10). The van der Waals surface area contributed by atoms with Gasteiger partial charge in [-0.3, -0.25) is 4.68 Å². The Kier molecular flexibility index (Phi) is 1.77. The van der Waals surface area contributed by atoms with E-state index in [1.807, 2.05) is 23.9 Å². The predicted molar refractivity (Wildman–Crippen MR) is 49.4 cm³/mol. The van der Waals surface area contributed by atoms with Gasteiger partial charge in [0.25, 0.3) is 0 Å². The summed E-state index contributed by atoms with van der Waals surface area (Å²) in [6.45, 7) is 2.89. The lowest BCUT2D eigenvalue weighted by Crippen LogP contribution is -2.00. The summed E-state index contributed by atoms with van der Waals surface area (Å²) < 4.78 is 3.49. The maximum atomic E-state index is 5.49. The van der Waals surface area contributed by atoms with Crippen molar-refractivity contribution in [1.82, 2.24) is 19.6 Å². The van der Waals surface area contributed by atoms with Gasteiger partial charge in [-0.2, -0.15) is 5.10 Å². The van der Waals surface area contributed by atoms with Crippen LogP contribution >= 0.6 is 0 Å². The minimum absolute atomic E-state index is 0.506. The molecular formula is C8H11N5. The third-order valence-electron chi connectivity index (χ3n) is 1.80. The van der Waals surface area contributed by atoms with Crippen LogP contribution in [-0.2, 0) is 6.54 Å². The highest BCUT2D eigenvalue weighted by Gasteiger charge is 2.01. The van der Waals surface area contributed by atoms with Crippen molar-refractivity contribution < 1.29 is 0 Å². The number of hydrogen-bond acceptors (Lipinski definition) is 3. The summed E-state index contributed by atoms with van der Waals surface area (Å²) in [7, 11) is 0. The third-order valence-corrected chi connectivity index (χ3v) is 1.80. The van der Waals surface area contributed by atoms with E-state index >= 15 is 0 Å². The van der Waals surface area contributed by atoms with Crippen LogP contribution in [0, 0.1) is 0 Å². The molecule has 0 saturated heterocycles. The van der Waals surface area contributed by atoms with E-state index < -0.39 is 0 Å². The van der Waals surface area contributed by atoms with Crippen LogP contribution in [0.1, 0.15) is 6.92 Å². The number of aromatic nitrogens is 4. The molecule has 13 heavy (non-hydrogen) atoms. The lowest BCUT2D eigenvalue weighted by atomic mass is 10.6. The van der Waals surface area contributed by atoms with Crippen LogP contribution in [0.3, 0.4) is 0 Å². The first-order valence-electron chi connectivity index (χ1n) is 4.14. The number of nitrogens with zero attached hydrogens (tertiary/aromatic N) is 4. The normalized spacial score (nSPS) is 10.5. The molecule has 0 aliphatic rings. The summed E-state index contributed by atoms with van der Waals surface area (Å²) in [4.78, 5) is 0. The molecule has 2 aromatic rings. The Morgan fingerprint density at radius 1 is 1.31 bits per heavy atom. The van der Waals surface area contributed by atoms with Crippen molar-refractivity contribution in [3.8, 4) is 5.82 Å². The fourth-order valence-electron chi connectivity index (χ4n) is 1.11. The highest BCUT2D eigenvalue weighted by Crippen LogP contribution is 2.04. The van der Waals surface area contributed by atoms with Crippen LogP contribution in [0.2, 0.25) is 0 Å². The zero-order chi connectivity index (χ0) is 9.26. The summed E-state index contributed by atoms with van der Waals surface area (Å²) in [6, 6.07) is 3.64. The zero-order valence-corrected chi connectivity index (χ0v) is 7.38. The fourth-order valence-corrected chi connectivity index (χ4v) is 1.11. The van der Waals surface area contributed by atoms with Gasteiger partial charge in [0.05, 0.1) is 0 Å². The summed E-state index contributed by atoms with van der Waals surface area (Å²) >= 11 is 0. The van der Waals surface area contributed by atoms with E-state index in [0.29, 0.717) is 5.82 Å². The van der Waals surface area contributed by atoms with Gasteiger partial charge >= 0.3 is 0 Å². The van der Waals surface area contributed by atoms with Gasteiger partial charge in [0.2, 0.25) is 0 Å². The van der Waals surface area contributed by atoms with Crippen LogP contribution in [0.25, 0.3) is 5.82 Å². The SMILES string of the molecule is CCn1ccc(-n2ccc(N)n2)n1. The average Bonchev–Trinajstić information content (AvgIpc) is 2.71. The molecule has 2 aromatic heterocycles. The van der Waals surface area contributed by atoms with Gasteiger partial charge in [-0.25, -0.2) is 4.68 Å². The van der Waals surface area contributed by atoms with Crippen LogP contribution in [0.5, 0.6) is 0 Å². The Balaban J connectivity index is 2.35.